The van der Waals surface area contributed by atoms with Crippen LogP contribution in [0.4, 0.5) is 0 Å². The van der Waals surface area contributed by atoms with Gasteiger partial charge in [-0.15, -0.1) is 0 Å². The molecule has 0 atom stereocenters. The second kappa shape index (κ2) is 2.46. The van der Waals surface area contributed by atoms with Crippen molar-refractivity contribution in [1.29, 1.82) is 0 Å². The van der Waals surface area contributed by atoms with Crippen molar-refractivity contribution in [2.75, 3.05) is 6.54 Å². The van der Waals surface area contributed by atoms with Crippen LogP contribution in [-0.4, -0.2) is 12.8 Å². The van der Waals surface area contributed by atoms with Gasteiger partial charge in [-0.25, -0.2) is 0 Å². The van der Waals surface area contributed by atoms with E-state index in [1.54, 1.807) is 0 Å². The van der Waals surface area contributed by atoms with E-state index in [4.69, 9.17) is 4.42 Å². The maximum absolute atomic E-state index is 5.70. The molecule has 0 saturated carbocycles. The highest BCUT2D eigenvalue weighted by Gasteiger charge is 2.13. The van der Waals surface area contributed by atoms with Crippen LogP contribution in [-0.2, 0) is 6.42 Å². The highest BCUT2D eigenvalue weighted by Crippen LogP contribution is 2.26. The molecule has 0 saturated heterocycles. The number of para-hydroxylation sites is 1. The van der Waals surface area contributed by atoms with Gasteiger partial charge in [0, 0.05) is 30.1 Å². The minimum absolute atomic E-state index is 0.854. The normalized spacial score (nSPS) is 14.8. The molecule has 13 heavy (non-hydrogen) atoms. The van der Waals surface area contributed by atoms with E-state index in [0.29, 0.717) is 0 Å². The summed E-state index contributed by atoms with van der Waals surface area (Å²) >= 11 is 0. The van der Waals surface area contributed by atoms with Gasteiger partial charge in [0.25, 0.3) is 0 Å². The molecule has 1 aliphatic rings. The summed E-state index contributed by atoms with van der Waals surface area (Å²) in [7, 11) is 0. The average Bonchev–Trinajstić information content (AvgIpc) is 2.56. The number of aliphatic imine (C=N–C) groups is 1. The average molecular weight is 171 g/mol. The number of rotatable bonds is 0. The second-order valence-corrected chi connectivity index (χ2v) is 3.22. The number of fused-ring (bicyclic) bond motifs is 3. The van der Waals surface area contributed by atoms with Crippen LogP contribution in [0.3, 0.4) is 0 Å². The molecule has 0 N–H and O–H groups in total. The summed E-state index contributed by atoms with van der Waals surface area (Å²) < 4.78 is 5.70. The van der Waals surface area contributed by atoms with Crippen molar-refractivity contribution in [3.63, 3.8) is 0 Å². The zero-order chi connectivity index (χ0) is 8.67. The van der Waals surface area contributed by atoms with Crippen molar-refractivity contribution in [1.82, 2.24) is 0 Å². The van der Waals surface area contributed by atoms with Crippen LogP contribution in [0.25, 0.3) is 11.0 Å². The smallest absolute Gasteiger partial charge is 0.134 e. The largest absolute Gasteiger partial charge is 0.460 e. The first kappa shape index (κ1) is 6.89. The fourth-order valence-electron chi connectivity index (χ4n) is 1.77. The zero-order valence-electron chi connectivity index (χ0n) is 7.16. The van der Waals surface area contributed by atoms with Gasteiger partial charge in [0.05, 0.1) is 0 Å². The molecule has 1 aliphatic heterocycles. The van der Waals surface area contributed by atoms with Gasteiger partial charge in [-0.2, -0.15) is 0 Å². The fourth-order valence-corrected chi connectivity index (χ4v) is 1.77. The lowest BCUT2D eigenvalue weighted by molar-refractivity contribution is 0.547. The van der Waals surface area contributed by atoms with Gasteiger partial charge in [-0.1, -0.05) is 18.2 Å². The Hall–Kier alpha value is -1.57. The minimum Gasteiger partial charge on any atom is -0.460 e. The van der Waals surface area contributed by atoms with Gasteiger partial charge >= 0.3 is 0 Å². The molecule has 2 aromatic rings. The highest BCUT2D eigenvalue weighted by molar-refractivity contribution is 5.99. The van der Waals surface area contributed by atoms with Crippen LogP contribution in [0.15, 0.2) is 33.7 Å². The first-order valence-corrected chi connectivity index (χ1v) is 4.45. The Morgan fingerprint density at radius 1 is 1.23 bits per heavy atom. The lowest BCUT2D eigenvalue weighted by Crippen LogP contribution is -1.98. The third-order valence-corrected chi connectivity index (χ3v) is 2.40. The molecule has 1 aromatic carbocycles. The molecular formula is C11H9NO. The number of nitrogens with zero attached hydrogens (tertiary/aromatic N) is 1. The molecule has 2 nitrogen and oxygen atoms in total. The van der Waals surface area contributed by atoms with E-state index in [1.165, 1.54) is 10.9 Å². The van der Waals surface area contributed by atoms with E-state index in [2.05, 4.69) is 11.1 Å². The predicted octanol–water partition coefficient (Wildman–Crippen LogP) is 2.41. The van der Waals surface area contributed by atoms with Crippen molar-refractivity contribution in [2.24, 2.45) is 4.99 Å². The first-order valence-electron chi connectivity index (χ1n) is 4.45. The summed E-state index contributed by atoms with van der Waals surface area (Å²) in [4.78, 5) is 4.26. The molecule has 2 heteroatoms. The summed E-state index contributed by atoms with van der Waals surface area (Å²) in [6.45, 7) is 0.854. The molecule has 0 bridgehead atoms. The first-order chi connectivity index (χ1) is 6.45. The summed E-state index contributed by atoms with van der Waals surface area (Å²) in [6, 6.07) is 8.10. The molecule has 0 fully saturated rings. The van der Waals surface area contributed by atoms with Gasteiger partial charge in [-0.3, -0.25) is 4.99 Å². The van der Waals surface area contributed by atoms with E-state index in [9.17, 15) is 0 Å². The SMILES string of the molecule is C1=NCCc2oc3ccccc3c21. The van der Waals surface area contributed by atoms with Crippen molar-refractivity contribution in [3.05, 3.63) is 35.6 Å². The maximum atomic E-state index is 5.70. The Kier molecular flexibility index (Phi) is 1.30. The number of hydrogen-bond acceptors (Lipinski definition) is 2. The third-order valence-electron chi connectivity index (χ3n) is 2.40. The number of hydrogen-bond donors (Lipinski definition) is 0. The van der Waals surface area contributed by atoms with Crippen LogP contribution in [0, 0.1) is 0 Å². The highest BCUT2D eigenvalue weighted by atomic mass is 16.3. The van der Waals surface area contributed by atoms with Crippen molar-refractivity contribution in [2.45, 2.75) is 6.42 Å². The topological polar surface area (TPSA) is 25.5 Å². The molecule has 1 aromatic heterocycles. The molecule has 0 aliphatic carbocycles. The van der Waals surface area contributed by atoms with Crippen LogP contribution >= 0.6 is 0 Å². The van der Waals surface area contributed by atoms with E-state index in [0.717, 1.165) is 24.3 Å². The zero-order valence-corrected chi connectivity index (χ0v) is 7.16. The monoisotopic (exact) mass is 171 g/mol. The molecular weight excluding hydrogens is 162 g/mol. The van der Waals surface area contributed by atoms with Gasteiger partial charge in [-0.05, 0) is 6.07 Å². The Balaban J connectivity index is 2.42. The lowest BCUT2D eigenvalue weighted by atomic mass is 10.1. The fraction of sp³-hybridized carbons (Fsp3) is 0.182. The van der Waals surface area contributed by atoms with Gasteiger partial charge in [0.1, 0.15) is 11.3 Å². The minimum atomic E-state index is 0.854. The molecule has 2 heterocycles. The van der Waals surface area contributed by atoms with Crippen LogP contribution in [0.2, 0.25) is 0 Å². The second-order valence-electron chi connectivity index (χ2n) is 3.22. The Morgan fingerprint density at radius 3 is 3.15 bits per heavy atom. The van der Waals surface area contributed by atoms with Crippen molar-refractivity contribution < 1.29 is 4.42 Å². The molecule has 0 amide bonds. The number of furan rings is 1. The summed E-state index contributed by atoms with van der Waals surface area (Å²) in [5, 5.41) is 1.18. The third kappa shape index (κ3) is 0.917. The van der Waals surface area contributed by atoms with Crippen LogP contribution in [0.1, 0.15) is 11.3 Å². The molecule has 0 unspecified atom stereocenters. The Bertz CT molecular complexity index is 482. The molecule has 0 radical (unpaired) electrons. The Morgan fingerprint density at radius 2 is 2.15 bits per heavy atom. The summed E-state index contributed by atoms with van der Waals surface area (Å²) in [5.74, 6) is 1.08. The maximum Gasteiger partial charge on any atom is 0.134 e. The Labute approximate surface area is 75.9 Å². The molecule has 3 rings (SSSR count). The number of benzene rings is 1. The molecule has 0 spiro atoms. The van der Waals surface area contributed by atoms with Gasteiger partial charge < -0.3 is 4.42 Å². The summed E-state index contributed by atoms with van der Waals surface area (Å²) in [6.07, 6.45) is 2.85. The molecule has 64 valence electrons. The van der Waals surface area contributed by atoms with Crippen molar-refractivity contribution >= 4 is 17.2 Å². The van der Waals surface area contributed by atoms with Gasteiger partial charge in [0.15, 0.2) is 0 Å². The lowest BCUT2D eigenvalue weighted by Gasteiger charge is -2.00. The standard InChI is InChI=1S/C11H9NO/c1-2-4-10-8(3-1)9-7-12-6-5-11(9)13-10/h1-4,7H,5-6H2. The van der Waals surface area contributed by atoms with E-state index < -0.39 is 0 Å². The quantitative estimate of drug-likeness (QED) is 0.597. The van der Waals surface area contributed by atoms with E-state index in [1.807, 2.05) is 24.4 Å². The van der Waals surface area contributed by atoms with Crippen LogP contribution < -0.4 is 0 Å². The van der Waals surface area contributed by atoms with E-state index in [-0.39, 0.29) is 0 Å². The summed E-state index contributed by atoms with van der Waals surface area (Å²) in [5.41, 5.74) is 2.14. The van der Waals surface area contributed by atoms with Gasteiger partial charge in [0.2, 0.25) is 0 Å². The predicted molar refractivity (Wildman–Crippen MR) is 52.4 cm³/mol. The van der Waals surface area contributed by atoms with Crippen LogP contribution in [0.5, 0.6) is 0 Å². The van der Waals surface area contributed by atoms with Crippen molar-refractivity contribution in [3.8, 4) is 0 Å². The van der Waals surface area contributed by atoms with E-state index >= 15 is 0 Å².